The number of carbonyl (C=O) groups is 2. The molecular weight excluding hydrogens is 300 g/mol. The van der Waals surface area contributed by atoms with Gasteiger partial charge in [-0.2, -0.15) is 0 Å². The molecule has 5 nitrogen and oxygen atoms in total. The molecule has 0 fully saturated rings. The number of nitrogens with one attached hydrogen (secondary N) is 1. The second kappa shape index (κ2) is 6.11. The number of nitrogens with zero attached hydrogens (tertiary/aromatic N) is 1. The number of phenolic OH excluding ortho intramolecular Hbond substituents is 1. The van der Waals surface area contributed by atoms with Crippen LogP contribution < -0.4 is 10.2 Å². The van der Waals surface area contributed by atoms with Gasteiger partial charge in [-0.15, -0.1) is 11.8 Å². The molecule has 0 atom stereocenters. The highest BCUT2D eigenvalue weighted by Crippen LogP contribution is 2.34. The van der Waals surface area contributed by atoms with Crippen molar-refractivity contribution in [2.24, 2.45) is 0 Å². The van der Waals surface area contributed by atoms with Crippen molar-refractivity contribution < 1.29 is 14.7 Å². The highest BCUT2D eigenvalue weighted by molar-refractivity contribution is 8.00. The van der Waals surface area contributed by atoms with Crippen LogP contribution in [0.15, 0.2) is 53.4 Å². The molecule has 2 aromatic carbocycles. The van der Waals surface area contributed by atoms with Crippen LogP contribution in [0.4, 0.5) is 11.4 Å². The lowest BCUT2D eigenvalue weighted by Crippen LogP contribution is -2.41. The third kappa shape index (κ3) is 3.07. The van der Waals surface area contributed by atoms with Crippen molar-refractivity contribution in [1.29, 1.82) is 0 Å². The Morgan fingerprint density at radius 3 is 2.86 bits per heavy atom. The second-order valence-electron chi connectivity index (χ2n) is 4.83. The number of carbonyl (C=O) groups excluding carboxylic acids is 2. The molecule has 2 aromatic rings. The van der Waals surface area contributed by atoms with E-state index in [1.54, 1.807) is 12.1 Å². The third-order valence-corrected chi connectivity index (χ3v) is 4.29. The van der Waals surface area contributed by atoms with Crippen molar-refractivity contribution >= 4 is 35.0 Å². The van der Waals surface area contributed by atoms with E-state index in [1.807, 2.05) is 24.3 Å². The first kappa shape index (κ1) is 14.5. The van der Waals surface area contributed by atoms with Crippen LogP contribution in [-0.2, 0) is 9.59 Å². The van der Waals surface area contributed by atoms with E-state index in [4.69, 9.17) is 0 Å². The average Bonchev–Trinajstić information content (AvgIpc) is 2.50. The van der Waals surface area contributed by atoms with Gasteiger partial charge in [-0.25, -0.2) is 0 Å². The molecule has 0 saturated heterocycles. The lowest BCUT2D eigenvalue weighted by molar-refractivity contribution is -0.120. The minimum atomic E-state index is -0.305. The summed E-state index contributed by atoms with van der Waals surface area (Å²) in [5.41, 5.74) is 1.26. The Kier molecular flexibility index (Phi) is 4.02. The number of amides is 2. The highest BCUT2D eigenvalue weighted by atomic mass is 32.2. The minimum absolute atomic E-state index is 0.0495. The van der Waals surface area contributed by atoms with E-state index in [9.17, 15) is 14.7 Å². The largest absolute Gasteiger partial charge is 0.508 e. The van der Waals surface area contributed by atoms with Crippen LogP contribution in [0.3, 0.4) is 0 Å². The third-order valence-electron chi connectivity index (χ3n) is 3.24. The molecule has 0 bridgehead atoms. The molecule has 112 valence electrons. The minimum Gasteiger partial charge on any atom is -0.508 e. The van der Waals surface area contributed by atoms with Crippen LogP contribution in [0.25, 0.3) is 0 Å². The molecule has 1 aliphatic heterocycles. The molecule has 0 aromatic heterocycles. The number of phenols is 1. The molecule has 0 spiro atoms. The fourth-order valence-corrected chi connectivity index (χ4v) is 3.19. The normalized spacial score (nSPS) is 13.6. The molecular formula is C16H14N2O3S. The van der Waals surface area contributed by atoms with Crippen LogP contribution in [0.2, 0.25) is 0 Å². The van der Waals surface area contributed by atoms with Crippen molar-refractivity contribution in [3.63, 3.8) is 0 Å². The molecule has 6 heteroatoms. The Morgan fingerprint density at radius 2 is 2.05 bits per heavy atom. The van der Waals surface area contributed by atoms with E-state index in [0.29, 0.717) is 11.4 Å². The zero-order valence-electron chi connectivity index (χ0n) is 11.7. The number of para-hydroxylation sites is 1. The summed E-state index contributed by atoms with van der Waals surface area (Å²) in [6.07, 6.45) is 0. The summed E-state index contributed by atoms with van der Waals surface area (Å²) in [7, 11) is 0. The Hall–Kier alpha value is -2.47. The van der Waals surface area contributed by atoms with Crippen molar-refractivity contribution in [3.8, 4) is 5.75 Å². The number of hydrogen-bond acceptors (Lipinski definition) is 4. The fraction of sp³-hybridized carbons (Fsp3) is 0.125. The van der Waals surface area contributed by atoms with Crippen LogP contribution in [0.5, 0.6) is 5.75 Å². The summed E-state index contributed by atoms with van der Waals surface area (Å²) >= 11 is 1.48. The zero-order valence-corrected chi connectivity index (χ0v) is 12.5. The number of rotatable bonds is 3. The van der Waals surface area contributed by atoms with Crippen molar-refractivity contribution in [2.75, 3.05) is 22.5 Å². The Bertz CT molecular complexity index is 733. The maximum absolute atomic E-state index is 12.2. The Morgan fingerprint density at radius 1 is 1.23 bits per heavy atom. The summed E-state index contributed by atoms with van der Waals surface area (Å²) in [6, 6.07) is 13.8. The first-order valence-corrected chi connectivity index (χ1v) is 7.73. The predicted molar refractivity (Wildman–Crippen MR) is 86.3 cm³/mol. The van der Waals surface area contributed by atoms with E-state index in [0.717, 1.165) is 10.6 Å². The first-order chi connectivity index (χ1) is 10.6. The average molecular weight is 314 g/mol. The predicted octanol–water partition coefficient (Wildman–Crippen LogP) is 2.47. The summed E-state index contributed by atoms with van der Waals surface area (Å²) in [4.78, 5) is 26.7. The van der Waals surface area contributed by atoms with Crippen LogP contribution >= 0.6 is 11.8 Å². The van der Waals surface area contributed by atoms with Gasteiger partial charge in [0, 0.05) is 16.6 Å². The van der Waals surface area contributed by atoms with Gasteiger partial charge >= 0.3 is 0 Å². The number of anilines is 2. The maximum Gasteiger partial charge on any atom is 0.244 e. The first-order valence-electron chi connectivity index (χ1n) is 6.74. The van der Waals surface area contributed by atoms with Crippen LogP contribution in [0.1, 0.15) is 0 Å². The number of hydrogen-bond donors (Lipinski definition) is 2. The number of benzene rings is 2. The number of fused-ring (bicyclic) bond motifs is 1. The van der Waals surface area contributed by atoms with Crippen molar-refractivity contribution in [1.82, 2.24) is 0 Å². The molecule has 0 unspecified atom stereocenters. The van der Waals surface area contributed by atoms with Gasteiger partial charge in [0.05, 0.1) is 11.4 Å². The summed E-state index contributed by atoms with van der Waals surface area (Å²) in [5.74, 6) is 0.0140. The molecule has 1 heterocycles. The topological polar surface area (TPSA) is 69.6 Å². The summed E-state index contributed by atoms with van der Waals surface area (Å²) in [6.45, 7) is -0.0495. The lowest BCUT2D eigenvalue weighted by atomic mass is 10.2. The second-order valence-corrected chi connectivity index (χ2v) is 5.85. The fourth-order valence-electron chi connectivity index (χ4n) is 2.26. The van der Waals surface area contributed by atoms with Gasteiger partial charge in [0.2, 0.25) is 11.8 Å². The number of aromatic hydroxyl groups is 1. The number of thioether (sulfide) groups is 1. The van der Waals surface area contributed by atoms with Crippen LogP contribution in [-0.4, -0.2) is 29.2 Å². The van der Waals surface area contributed by atoms with E-state index in [1.165, 1.54) is 28.8 Å². The Labute approximate surface area is 131 Å². The summed E-state index contributed by atoms with van der Waals surface area (Å²) in [5, 5.41) is 12.1. The molecule has 0 radical (unpaired) electrons. The van der Waals surface area contributed by atoms with E-state index >= 15 is 0 Å². The molecule has 0 aliphatic carbocycles. The van der Waals surface area contributed by atoms with Gasteiger partial charge < -0.3 is 15.3 Å². The Balaban J connectivity index is 1.75. The maximum atomic E-state index is 12.2. The van der Waals surface area contributed by atoms with Gasteiger partial charge in [-0.1, -0.05) is 18.2 Å². The van der Waals surface area contributed by atoms with E-state index < -0.39 is 0 Å². The molecule has 1 aliphatic rings. The van der Waals surface area contributed by atoms with Gasteiger partial charge in [0.25, 0.3) is 0 Å². The van der Waals surface area contributed by atoms with Crippen molar-refractivity contribution in [3.05, 3.63) is 48.5 Å². The SMILES string of the molecule is O=C(CN1C(=O)CSc2ccccc21)Nc1cccc(O)c1. The van der Waals surface area contributed by atoms with Gasteiger partial charge in [-0.3, -0.25) is 9.59 Å². The smallest absolute Gasteiger partial charge is 0.244 e. The van der Waals surface area contributed by atoms with E-state index in [2.05, 4.69) is 5.32 Å². The zero-order chi connectivity index (χ0) is 15.5. The molecule has 2 amide bonds. The quantitative estimate of drug-likeness (QED) is 0.913. The molecule has 3 rings (SSSR count). The highest BCUT2D eigenvalue weighted by Gasteiger charge is 2.26. The van der Waals surface area contributed by atoms with Gasteiger partial charge in [-0.05, 0) is 24.3 Å². The van der Waals surface area contributed by atoms with Gasteiger partial charge in [0.1, 0.15) is 12.3 Å². The standard InChI is InChI=1S/C16H14N2O3S/c19-12-5-3-4-11(8-12)17-15(20)9-18-13-6-1-2-7-14(13)22-10-16(18)21/h1-8,19H,9-10H2,(H,17,20). The molecule has 22 heavy (non-hydrogen) atoms. The molecule has 2 N–H and O–H groups in total. The monoisotopic (exact) mass is 314 g/mol. The lowest BCUT2D eigenvalue weighted by Gasteiger charge is -2.28. The van der Waals surface area contributed by atoms with Crippen LogP contribution in [0, 0.1) is 0 Å². The molecule has 0 saturated carbocycles. The summed E-state index contributed by atoms with van der Waals surface area (Å²) < 4.78 is 0. The van der Waals surface area contributed by atoms with E-state index in [-0.39, 0.29) is 24.1 Å². The van der Waals surface area contributed by atoms with Crippen molar-refractivity contribution in [2.45, 2.75) is 4.90 Å². The van der Waals surface area contributed by atoms with Gasteiger partial charge in [0.15, 0.2) is 0 Å².